The van der Waals surface area contributed by atoms with Gasteiger partial charge in [-0.3, -0.25) is 9.30 Å². The standard InChI is InChI=1S/C17H17N7O/c18-12-14-4-3-6-19-16(14)22-10-8-21(9-11-22)13-24-17(25)23-7-2-1-5-15(23)20-24/h1-7H,8-11,13H2. The Balaban J connectivity index is 1.46. The summed E-state index contributed by atoms with van der Waals surface area (Å²) in [5, 5.41) is 13.6. The minimum absolute atomic E-state index is 0.130. The first kappa shape index (κ1) is 15.4. The molecule has 1 fully saturated rings. The number of rotatable bonds is 3. The van der Waals surface area contributed by atoms with Gasteiger partial charge < -0.3 is 4.90 Å². The van der Waals surface area contributed by atoms with E-state index in [1.165, 1.54) is 4.68 Å². The van der Waals surface area contributed by atoms with Gasteiger partial charge in [0.2, 0.25) is 0 Å². The fourth-order valence-electron chi connectivity index (χ4n) is 3.09. The second kappa shape index (κ2) is 6.37. The highest BCUT2D eigenvalue weighted by Crippen LogP contribution is 2.18. The van der Waals surface area contributed by atoms with E-state index in [1.54, 1.807) is 28.9 Å². The summed E-state index contributed by atoms with van der Waals surface area (Å²) in [4.78, 5) is 21.0. The molecule has 0 unspecified atom stereocenters. The van der Waals surface area contributed by atoms with Crippen molar-refractivity contribution in [3.8, 4) is 6.07 Å². The Morgan fingerprint density at radius 2 is 1.96 bits per heavy atom. The van der Waals surface area contributed by atoms with Crippen LogP contribution in [-0.2, 0) is 6.67 Å². The molecule has 0 radical (unpaired) electrons. The number of aromatic nitrogens is 4. The molecule has 1 aliphatic rings. The van der Waals surface area contributed by atoms with Crippen LogP contribution in [0, 0.1) is 11.3 Å². The van der Waals surface area contributed by atoms with E-state index in [0.717, 1.165) is 32.0 Å². The fraction of sp³-hybridized carbons (Fsp3) is 0.294. The van der Waals surface area contributed by atoms with Crippen molar-refractivity contribution in [3.63, 3.8) is 0 Å². The average Bonchev–Trinajstić information content (AvgIpc) is 2.98. The van der Waals surface area contributed by atoms with Gasteiger partial charge in [-0.1, -0.05) is 6.07 Å². The molecule has 3 aromatic rings. The molecule has 1 aliphatic heterocycles. The molecule has 3 aromatic heterocycles. The van der Waals surface area contributed by atoms with Crippen molar-refractivity contribution in [2.24, 2.45) is 0 Å². The van der Waals surface area contributed by atoms with Crippen LogP contribution in [0.3, 0.4) is 0 Å². The zero-order valence-corrected chi connectivity index (χ0v) is 13.6. The van der Waals surface area contributed by atoms with E-state index in [1.807, 2.05) is 18.2 Å². The van der Waals surface area contributed by atoms with Crippen molar-refractivity contribution >= 4 is 11.5 Å². The second-order valence-corrected chi connectivity index (χ2v) is 5.94. The smallest absolute Gasteiger partial charge is 0.351 e. The highest BCUT2D eigenvalue weighted by Gasteiger charge is 2.21. The lowest BCUT2D eigenvalue weighted by Gasteiger charge is -2.35. The highest BCUT2D eigenvalue weighted by atomic mass is 16.2. The lowest BCUT2D eigenvalue weighted by Crippen LogP contribution is -2.48. The fourth-order valence-corrected chi connectivity index (χ4v) is 3.09. The zero-order chi connectivity index (χ0) is 17.2. The Morgan fingerprint density at radius 3 is 2.72 bits per heavy atom. The predicted octanol–water partition coefficient (Wildman–Crippen LogP) is 0.542. The van der Waals surface area contributed by atoms with E-state index < -0.39 is 0 Å². The quantitative estimate of drug-likeness (QED) is 0.695. The third-order valence-electron chi connectivity index (χ3n) is 4.40. The molecule has 0 N–H and O–H groups in total. The Bertz CT molecular complexity index is 992. The lowest BCUT2D eigenvalue weighted by molar-refractivity contribution is 0.192. The summed E-state index contributed by atoms with van der Waals surface area (Å²) in [5.41, 5.74) is 1.11. The Morgan fingerprint density at radius 1 is 1.12 bits per heavy atom. The first-order valence-corrected chi connectivity index (χ1v) is 8.13. The van der Waals surface area contributed by atoms with Crippen molar-refractivity contribution in [3.05, 3.63) is 58.8 Å². The van der Waals surface area contributed by atoms with E-state index in [0.29, 0.717) is 17.9 Å². The third-order valence-corrected chi connectivity index (χ3v) is 4.40. The van der Waals surface area contributed by atoms with Crippen molar-refractivity contribution in [1.29, 1.82) is 5.26 Å². The van der Waals surface area contributed by atoms with Gasteiger partial charge in [0.25, 0.3) is 0 Å². The summed E-state index contributed by atoms with van der Waals surface area (Å²) in [7, 11) is 0. The molecule has 126 valence electrons. The number of anilines is 1. The Hall–Kier alpha value is -3.18. The van der Waals surface area contributed by atoms with Crippen LogP contribution < -0.4 is 10.6 Å². The SMILES string of the molecule is N#Cc1cccnc1N1CCN(Cn2nc3ccccn3c2=O)CC1. The summed E-state index contributed by atoms with van der Waals surface area (Å²) in [6.07, 6.45) is 3.43. The molecule has 8 heteroatoms. The number of hydrogen-bond acceptors (Lipinski definition) is 6. The Labute approximate surface area is 144 Å². The summed E-state index contributed by atoms with van der Waals surface area (Å²) in [5.74, 6) is 0.731. The topological polar surface area (TPSA) is 82.5 Å². The molecule has 0 bridgehead atoms. The van der Waals surface area contributed by atoms with Gasteiger partial charge in [0.1, 0.15) is 11.9 Å². The van der Waals surface area contributed by atoms with Crippen molar-refractivity contribution in [2.45, 2.75) is 6.67 Å². The molecular formula is C17H17N7O. The van der Waals surface area contributed by atoms with Gasteiger partial charge in [0, 0.05) is 38.6 Å². The van der Waals surface area contributed by atoms with Crippen LogP contribution in [0.4, 0.5) is 5.82 Å². The summed E-state index contributed by atoms with van der Waals surface area (Å²) in [6, 6.07) is 11.2. The van der Waals surface area contributed by atoms with Crippen molar-refractivity contribution in [1.82, 2.24) is 24.1 Å². The third kappa shape index (κ3) is 2.86. The molecular weight excluding hydrogens is 318 g/mol. The van der Waals surface area contributed by atoms with Crippen LogP contribution >= 0.6 is 0 Å². The molecule has 4 heterocycles. The molecule has 0 aromatic carbocycles. The molecule has 1 saturated heterocycles. The largest absolute Gasteiger partial charge is 0.353 e. The van der Waals surface area contributed by atoms with E-state index >= 15 is 0 Å². The van der Waals surface area contributed by atoms with Gasteiger partial charge in [-0.25, -0.2) is 9.78 Å². The highest BCUT2D eigenvalue weighted by molar-refractivity contribution is 5.53. The normalized spacial score (nSPS) is 15.4. The van der Waals surface area contributed by atoms with Gasteiger partial charge >= 0.3 is 5.69 Å². The predicted molar refractivity (Wildman–Crippen MR) is 92.2 cm³/mol. The van der Waals surface area contributed by atoms with Gasteiger partial charge in [0.05, 0.1) is 12.2 Å². The lowest BCUT2D eigenvalue weighted by atomic mass is 10.2. The minimum Gasteiger partial charge on any atom is -0.353 e. The monoisotopic (exact) mass is 335 g/mol. The van der Waals surface area contributed by atoms with E-state index in [9.17, 15) is 10.1 Å². The summed E-state index contributed by atoms with van der Waals surface area (Å²) >= 11 is 0. The molecule has 0 saturated carbocycles. The van der Waals surface area contributed by atoms with Crippen LogP contribution in [0.1, 0.15) is 5.56 Å². The maximum absolute atomic E-state index is 12.4. The van der Waals surface area contributed by atoms with Crippen LogP contribution in [0.2, 0.25) is 0 Å². The molecule has 0 aliphatic carbocycles. The number of piperazine rings is 1. The van der Waals surface area contributed by atoms with Gasteiger partial charge in [-0.2, -0.15) is 9.94 Å². The number of fused-ring (bicyclic) bond motifs is 1. The van der Waals surface area contributed by atoms with Crippen LogP contribution in [-0.4, -0.2) is 50.2 Å². The van der Waals surface area contributed by atoms with E-state index in [2.05, 4.69) is 26.0 Å². The van der Waals surface area contributed by atoms with Crippen molar-refractivity contribution < 1.29 is 0 Å². The van der Waals surface area contributed by atoms with Gasteiger partial charge in [-0.15, -0.1) is 5.10 Å². The second-order valence-electron chi connectivity index (χ2n) is 5.94. The van der Waals surface area contributed by atoms with Crippen molar-refractivity contribution in [2.75, 3.05) is 31.1 Å². The maximum atomic E-state index is 12.4. The molecule has 0 spiro atoms. The first-order chi connectivity index (χ1) is 12.3. The number of nitrogens with zero attached hydrogens (tertiary/aromatic N) is 7. The molecule has 4 rings (SSSR count). The molecule has 25 heavy (non-hydrogen) atoms. The number of pyridine rings is 2. The minimum atomic E-state index is -0.130. The first-order valence-electron chi connectivity index (χ1n) is 8.13. The zero-order valence-electron chi connectivity index (χ0n) is 13.6. The summed E-state index contributed by atoms with van der Waals surface area (Å²) < 4.78 is 3.04. The Kier molecular flexibility index (Phi) is 3.91. The van der Waals surface area contributed by atoms with Crippen LogP contribution in [0.15, 0.2) is 47.5 Å². The number of hydrogen-bond donors (Lipinski definition) is 0. The van der Waals surface area contributed by atoms with Crippen LogP contribution in [0.25, 0.3) is 5.65 Å². The molecule has 0 atom stereocenters. The molecule has 8 nitrogen and oxygen atoms in total. The summed E-state index contributed by atoms with van der Waals surface area (Å²) in [6.45, 7) is 3.53. The van der Waals surface area contributed by atoms with Gasteiger partial charge in [-0.05, 0) is 24.3 Å². The van der Waals surface area contributed by atoms with E-state index in [4.69, 9.17) is 0 Å². The molecule has 0 amide bonds. The number of nitriles is 1. The van der Waals surface area contributed by atoms with Gasteiger partial charge in [0.15, 0.2) is 5.65 Å². The van der Waals surface area contributed by atoms with E-state index in [-0.39, 0.29) is 5.69 Å². The van der Waals surface area contributed by atoms with Crippen LogP contribution in [0.5, 0.6) is 0 Å². The maximum Gasteiger partial charge on any atom is 0.351 e. The average molecular weight is 335 g/mol.